The fraction of sp³-hybridized carbons (Fsp3) is 0.500. The minimum atomic E-state index is -4.62. The van der Waals surface area contributed by atoms with Crippen LogP contribution in [0.25, 0.3) is 0 Å². The lowest BCUT2D eigenvalue weighted by Gasteiger charge is -2.36. The molecule has 1 aromatic carbocycles. The van der Waals surface area contributed by atoms with Gasteiger partial charge in [-0.1, -0.05) is 6.92 Å². The van der Waals surface area contributed by atoms with Crippen molar-refractivity contribution in [2.24, 2.45) is 0 Å². The number of alkyl halides is 3. The number of carbonyl (C=O) groups is 2. The molecule has 0 spiro atoms. The Balaban J connectivity index is 1.46. The molecular formula is C24H29F3N6O2. The Bertz CT molecular complexity index is 1090. The van der Waals surface area contributed by atoms with Crippen molar-refractivity contribution in [2.45, 2.75) is 64.1 Å². The second-order valence-corrected chi connectivity index (χ2v) is 8.88. The minimum absolute atomic E-state index is 0.00630. The van der Waals surface area contributed by atoms with Crippen LogP contribution in [0.3, 0.4) is 0 Å². The summed E-state index contributed by atoms with van der Waals surface area (Å²) in [6.07, 6.45) is 0.954. The zero-order valence-corrected chi connectivity index (χ0v) is 19.5. The lowest BCUT2D eigenvalue weighted by atomic mass is 9.98. The highest BCUT2D eigenvalue weighted by molar-refractivity contribution is 5.99. The topological polar surface area (TPSA) is 99.3 Å². The monoisotopic (exact) mass is 490 g/mol. The largest absolute Gasteiger partial charge is 0.421 e. The van der Waals surface area contributed by atoms with Crippen molar-refractivity contribution >= 4 is 35.0 Å². The maximum Gasteiger partial charge on any atom is 0.421 e. The van der Waals surface area contributed by atoms with Crippen molar-refractivity contribution in [3.8, 4) is 0 Å². The first-order valence-electron chi connectivity index (χ1n) is 11.9. The van der Waals surface area contributed by atoms with Gasteiger partial charge in [-0.15, -0.1) is 0 Å². The van der Waals surface area contributed by atoms with Crippen molar-refractivity contribution in [1.29, 1.82) is 0 Å². The second kappa shape index (κ2) is 10.5. The van der Waals surface area contributed by atoms with Crippen LogP contribution >= 0.6 is 0 Å². The third-order valence-corrected chi connectivity index (χ3v) is 6.26. The Morgan fingerprint density at radius 1 is 1.29 bits per heavy atom. The van der Waals surface area contributed by atoms with Crippen LogP contribution in [-0.2, 0) is 22.2 Å². The van der Waals surface area contributed by atoms with Gasteiger partial charge in [0.2, 0.25) is 17.8 Å². The van der Waals surface area contributed by atoms with Crippen LogP contribution < -0.4 is 16.0 Å². The van der Waals surface area contributed by atoms with Gasteiger partial charge in [0.05, 0.1) is 6.42 Å². The summed E-state index contributed by atoms with van der Waals surface area (Å²) in [7, 11) is 0. The Hall–Kier alpha value is -3.37. The van der Waals surface area contributed by atoms with Gasteiger partial charge in [0.15, 0.2) is 0 Å². The number of rotatable bonds is 8. The molecule has 2 aliphatic rings. The van der Waals surface area contributed by atoms with Gasteiger partial charge >= 0.3 is 6.18 Å². The first kappa shape index (κ1) is 24.7. The number of halogens is 3. The van der Waals surface area contributed by atoms with E-state index in [0.29, 0.717) is 30.8 Å². The Morgan fingerprint density at radius 3 is 2.89 bits per heavy atom. The summed E-state index contributed by atoms with van der Waals surface area (Å²) in [5.74, 6) is -0.305. The summed E-state index contributed by atoms with van der Waals surface area (Å²) in [4.78, 5) is 33.8. The maximum absolute atomic E-state index is 13.6. The van der Waals surface area contributed by atoms with E-state index in [0.717, 1.165) is 37.4 Å². The number of nitrogens with zero attached hydrogens (tertiary/aromatic N) is 3. The highest BCUT2D eigenvalue weighted by atomic mass is 19.4. The van der Waals surface area contributed by atoms with Gasteiger partial charge in [-0.3, -0.25) is 9.59 Å². The minimum Gasteiger partial charge on any atom is -0.369 e. The van der Waals surface area contributed by atoms with Gasteiger partial charge in [-0.05, 0) is 55.9 Å². The number of hydrogen-bond acceptors (Lipinski definition) is 6. The summed E-state index contributed by atoms with van der Waals surface area (Å²) >= 11 is 0. The Morgan fingerprint density at radius 2 is 2.11 bits per heavy atom. The lowest BCUT2D eigenvalue weighted by Crippen LogP contribution is -2.44. The van der Waals surface area contributed by atoms with E-state index in [1.54, 1.807) is 18.2 Å². The number of nitrogens with one attached hydrogen (secondary N) is 3. The summed E-state index contributed by atoms with van der Waals surface area (Å²) in [5.41, 5.74) is 1.12. The van der Waals surface area contributed by atoms with E-state index in [9.17, 15) is 22.8 Å². The number of likely N-dealkylation sites (tertiary alicyclic amines) is 1. The quantitative estimate of drug-likeness (QED) is 0.495. The highest BCUT2D eigenvalue weighted by Gasteiger charge is 2.35. The first-order valence-corrected chi connectivity index (χ1v) is 11.9. The molecule has 4 rings (SSSR count). The average Bonchev–Trinajstić information content (AvgIpc) is 3.18. The normalized spacial score (nSPS) is 17.7. The fourth-order valence-corrected chi connectivity index (χ4v) is 4.56. The van der Waals surface area contributed by atoms with Crippen molar-refractivity contribution in [3.05, 3.63) is 35.5 Å². The molecule has 0 saturated carbocycles. The van der Waals surface area contributed by atoms with E-state index < -0.39 is 11.7 Å². The number of fused-ring (bicyclic) bond motifs is 1. The van der Waals surface area contributed by atoms with Crippen molar-refractivity contribution in [1.82, 2.24) is 14.9 Å². The molecule has 1 unspecified atom stereocenters. The highest BCUT2D eigenvalue weighted by Crippen LogP contribution is 2.34. The van der Waals surface area contributed by atoms with E-state index in [1.807, 2.05) is 11.8 Å². The molecule has 188 valence electrons. The van der Waals surface area contributed by atoms with Crippen molar-refractivity contribution in [2.75, 3.05) is 29.0 Å². The Kier molecular flexibility index (Phi) is 7.42. The summed E-state index contributed by atoms with van der Waals surface area (Å²) in [6, 6.07) is 5.17. The van der Waals surface area contributed by atoms with Gasteiger partial charge in [0.25, 0.3) is 0 Å². The number of aromatic nitrogens is 2. The number of benzene rings is 1. The average molecular weight is 491 g/mol. The van der Waals surface area contributed by atoms with E-state index in [-0.39, 0.29) is 42.6 Å². The third kappa shape index (κ3) is 6.01. The number of piperidine rings is 1. The van der Waals surface area contributed by atoms with Crippen molar-refractivity contribution < 1.29 is 22.8 Å². The SMILES string of the molecule is CCCC(=O)N1CCCCC1CCNc1nc(Nc2ccc3c(c2)CC(=O)N3)ncc1C(F)(F)F. The van der Waals surface area contributed by atoms with E-state index in [2.05, 4.69) is 25.9 Å². The van der Waals surface area contributed by atoms with Crippen molar-refractivity contribution in [3.63, 3.8) is 0 Å². The molecule has 2 aliphatic heterocycles. The van der Waals surface area contributed by atoms with Gasteiger partial charge in [0.1, 0.15) is 11.4 Å². The third-order valence-electron chi connectivity index (χ3n) is 6.26. The molecule has 11 heteroatoms. The molecule has 0 aliphatic carbocycles. The molecule has 2 amide bonds. The van der Waals surface area contributed by atoms with Gasteiger partial charge in [0, 0.05) is 43.1 Å². The van der Waals surface area contributed by atoms with Crippen LogP contribution in [0.15, 0.2) is 24.4 Å². The predicted octanol–water partition coefficient (Wildman–Crippen LogP) is 4.72. The molecule has 0 radical (unpaired) electrons. The van der Waals surface area contributed by atoms with Crippen LogP contribution in [-0.4, -0.2) is 45.8 Å². The lowest BCUT2D eigenvalue weighted by molar-refractivity contribution is -0.137. The zero-order chi connectivity index (χ0) is 25.0. The van der Waals surface area contributed by atoms with Crippen LogP contribution in [0.2, 0.25) is 0 Å². The fourth-order valence-electron chi connectivity index (χ4n) is 4.56. The van der Waals surface area contributed by atoms with Crippen LogP contribution in [0, 0.1) is 0 Å². The summed E-state index contributed by atoms with van der Waals surface area (Å²) in [6.45, 7) is 2.89. The number of carbonyl (C=O) groups excluding carboxylic acids is 2. The van der Waals surface area contributed by atoms with Crippen LogP contribution in [0.5, 0.6) is 0 Å². The zero-order valence-electron chi connectivity index (χ0n) is 19.5. The van der Waals surface area contributed by atoms with E-state index in [1.165, 1.54) is 0 Å². The Labute approximate surface area is 201 Å². The second-order valence-electron chi connectivity index (χ2n) is 8.88. The van der Waals surface area contributed by atoms with E-state index in [4.69, 9.17) is 0 Å². The number of anilines is 4. The molecule has 0 bridgehead atoms. The molecule has 35 heavy (non-hydrogen) atoms. The molecule has 1 aromatic heterocycles. The molecule has 2 aromatic rings. The molecule has 1 saturated heterocycles. The molecule has 1 atom stereocenters. The standard InChI is InChI=1S/C24H29F3N6O2/c1-2-5-21(35)33-11-4-3-6-17(33)9-10-28-22-18(24(25,26)27)14-29-23(32-22)30-16-7-8-19-15(12-16)13-20(34)31-19/h7-8,12,14,17H,2-6,9-11,13H2,1H3,(H,31,34)(H2,28,29,30,32). The maximum atomic E-state index is 13.6. The molecule has 3 N–H and O–H groups in total. The molecular weight excluding hydrogens is 461 g/mol. The number of hydrogen-bond donors (Lipinski definition) is 3. The van der Waals surface area contributed by atoms with Gasteiger partial charge in [-0.2, -0.15) is 18.2 Å². The smallest absolute Gasteiger partial charge is 0.369 e. The van der Waals surface area contributed by atoms with Crippen LogP contribution in [0.4, 0.5) is 36.3 Å². The van der Waals surface area contributed by atoms with Gasteiger partial charge in [-0.25, -0.2) is 4.98 Å². The van der Waals surface area contributed by atoms with Crippen LogP contribution in [0.1, 0.15) is 56.6 Å². The molecule has 3 heterocycles. The first-order chi connectivity index (χ1) is 16.7. The molecule has 1 fully saturated rings. The van der Waals surface area contributed by atoms with Gasteiger partial charge < -0.3 is 20.9 Å². The van der Waals surface area contributed by atoms with E-state index >= 15 is 0 Å². The predicted molar refractivity (Wildman–Crippen MR) is 126 cm³/mol. The number of amides is 2. The summed E-state index contributed by atoms with van der Waals surface area (Å²) in [5, 5.41) is 8.48. The summed E-state index contributed by atoms with van der Waals surface area (Å²) < 4.78 is 40.8. The molecule has 8 nitrogen and oxygen atoms in total.